The van der Waals surface area contributed by atoms with E-state index in [2.05, 4.69) is 4.90 Å². The number of aliphatic hydroxyl groups is 1. The number of nitrogens with zero attached hydrogens (tertiary/aromatic N) is 2. The number of methoxy groups -OCH3 is 1. The Labute approximate surface area is 160 Å². The molecular weight excluding hydrogens is 344 g/mol. The molecule has 0 radical (unpaired) electrons. The molecule has 146 valence electrons. The molecule has 2 aliphatic heterocycles. The number of carbonyl (C=O) groups is 2. The highest BCUT2D eigenvalue weighted by Crippen LogP contribution is 2.42. The van der Waals surface area contributed by atoms with E-state index < -0.39 is 17.7 Å². The van der Waals surface area contributed by atoms with Gasteiger partial charge in [0.05, 0.1) is 18.7 Å². The van der Waals surface area contributed by atoms with E-state index in [1.54, 1.807) is 25.9 Å². The first-order valence-corrected chi connectivity index (χ1v) is 9.59. The molecule has 3 rings (SSSR count). The minimum Gasteiger partial charge on any atom is -0.503 e. The summed E-state index contributed by atoms with van der Waals surface area (Å²) < 4.78 is 5.48. The molecule has 1 saturated heterocycles. The number of aliphatic hydroxyl groups excluding tert-OH is 1. The molecule has 0 aromatic heterocycles. The Morgan fingerprint density at radius 3 is 2.52 bits per heavy atom. The zero-order valence-electron chi connectivity index (χ0n) is 16.3. The molecule has 2 aliphatic rings. The summed E-state index contributed by atoms with van der Waals surface area (Å²) in [5.41, 5.74) is 0.906. The summed E-state index contributed by atoms with van der Waals surface area (Å²) in [5, 5.41) is 10.5. The molecule has 1 aromatic rings. The average molecular weight is 372 g/mol. The van der Waals surface area contributed by atoms with Gasteiger partial charge in [-0.3, -0.25) is 9.59 Å². The first-order valence-electron chi connectivity index (χ1n) is 9.59. The third kappa shape index (κ3) is 3.72. The fourth-order valence-electron chi connectivity index (χ4n) is 3.92. The lowest BCUT2D eigenvalue weighted by atomic mass is 9.91. The first-order chi connectivity index (χ1) is 13.0. The third-order valence-corrected chi connectivity index (χ3v) is 5.38. The number of hydrogen-bond donors (Lipinski definition) is 1. The monoisotopic (exact) mass is 372 g/mol. The number of amides is 1. The van der Waals surface area contributed by atoms with Crippen LogP contribution >= 0.6 is 0 Å². The molecule has 1 amide bonds. The largest absolute Gasteiger partial charge is 0.503 e. The van der Waals surface area contributed by atoms with Crippen LogP contribution < -0.4 is 4.74 Å². The molecule has 6 nitrogen and oxygen atoms in total. The zero-order valence-corrected chi connectivity index (χ0v) is 16.3. The van der Waals surface area contributed by atoms with Gasteiger partial charge in [0.2, 0.25) is 0 Å². The highest BCUT2D eigenvalue weighted by atomic mass is 16.5. The van der Waals surface area contributed by atoms with Gasteiger partial charge in [0, 0.05) is 24.6 Å². The van der Waals surface area contributed by atoms with Gasteiger partial charge in [0.15, 0.2) is 11.5 Å². The summed E-state index contributed by atoms with van der Waals surface area (Å²) in [7, 11) is 1.57. The topological polar surface area (TPSA) is 70.1 Å². The van der Waals surface area contributed by atoms with Crippen LogP contribution in [0.4, 0.5) is 0 Å². The summed E-state index contributed by atoms with van der Waals surface area (Å²) in [5.74, 6) is -0.823. The number of ether oxygens (including phenoxy) is 1. The second-order valence-electron chi connectivity index (χ2n) is 7.47. The highest BCUT2D eigenvalue weighted by Gasteiger charge is 2.44. The van der Waals surface area contributed by atoms with Gasteiger partial charge in [0.25, 0.3) is 5.91 Å². The SMILES string of the molecule is COc1ccccc1C1C(C(=O)C(C)C)=C(O)C(=O)N1CCN1CCCC1. The van der Waals surface area contributed by atoms with E-state index >= 15 is 0 Å². The number of Topliss-reactive ketones (excluding diaryl/α,β-unsaturated/α-hetero) is 1. The van der Waals surface area contributed by atoms with Crippen molar-refractivity contribution < 1.29 is 19.4 Å². The molecule has 2 heterocycles. The molecule has 1 fully saturated rings. The number of ketones is 1. The summed E-state index contributed by atoms with van der Waals surface area (Å²) in [6.45, 7) is 6.80. The van der Waals surface area contributed by atoms with E-state index in [-0.39, 0.29) is 17.3 Å². The van der Waals surface area contributed by atoms with E-state index in [1.165, 1.54) is 12.8 Å². The van der Waals surface area contributed by atoms with Crippen LogP contribution in [-0.2, 0) is 9.59 Å². The fraction of sp³-hybridized carbons (Fsp3) is 0.524. The maximum atomic E-state index is 12.8. The molecule has 1 unspecified atom stereocenters. The van der Waals surface area contributed by atoms with Crippen molar-refractivity contribution in [2.75, 3.05) is 33.3 Å². The van der Waals surface area contributed by atoms with Crippen LogP contribution in [0.5, 0.6) is 5.75 Å². The molecule has 0 saturated carbocycles. The molecule has 1 N–H and O–H groups in total. The number of hydrogen-bond acceptors (Lipinski definition) is 5. The van der Waals surface area contributed by atoms with Crippen molar-refractivity contribution in [2.24, 2.45) is 5.92 Å². The van der Waals surface area contributed by atoms with Crippen LogP contribution in [0.2, 0.25) is 0 Å². The standard InChI is InChI=1S/C21H28N2O4/c1-14(2)19(24)17-18(15-8-4-5-9-16(15)27-3)23(21(26)20(17)25)13-12-22-10-6-7-11-22/h4-5,8-9,14,18,25H,6-7,10-13H2,1-3H3. The normalized spacial score (nSPS) is 20.8. The molecule has 0 bridgehead atoms. The van der Waals surface area contributed by atoms with Gasteiger partial charge in [-0.1, -0.05) is 32.0 Å². The van der Waals surface area contributed by atoms with Crippen molar-refractivity contribution in [3.8, 4) is 5.75 Å². The van der Waals surface area contributed by atoms with Gasteiger partial charge in [-0.25, -0.2) is 0 Å². The molecule has 27 heavy (non-hydrogen) atoms. The van der Waals surface area contributed by atoms with Crippen molar-refractivity contribution in [3.05, 3.63) is 41.2 Å². The molecule has 1 aromatic carbocycles. The minimum atomic E-state index is -0.619. The van der Waals surface area contributed by atoms with Crippen LogP contribution in [0.25, 0.3) is 0 Å². The Bertz CT molecular complexity index is 750. The second kappa shape index (κ2) is 8.13. The molecule has 1 atom stereocenters. The lowest BCUT2D eigenvalue weighted by molar-refractivity contribution is -0.129. The van der Waals surface area contributed by atoms with Crippen molar-refractivity contribution in [1.82, 2.24) is 9.80 Å². The summed E-state index contributed by atoms with van der Waals surface area (Å²) >= 11 is 0. The van der Waals surface area contributed by atoms with Gasteiger partial charge < -0.3 is 19.6 Å². The Hall–Kier alpha value is -2.34. The highest BCUT2D eigenvalue weighted by molar-refractivity contribution is 6.09. The van der Waals surface area contributed by atoms with E-state index in [0.29, 0.717) is 12.3 Å². The second-order valence-corrected chi connectivity index (χ2v) is 7.47. The lowest BCUT2D eigenvalue weighted by Gasteiger charge is -2.29. The first kappa shape index (κ1) is 19.4. The predicted octanol–water partition coefficient (Wildman–Crippen LogP) is 2.71. The minimum absolute atomic E-state index is 0.181. The van der Waals surface area contributed by atoms with E-state index in [9.17, 15) is 14.7 Å². The summed E-state index contributed by atoms with van der Waals surface area (Å²) in [4.78, 5) is 29.6. The number of para-hydroxylation sites is 1. The Balaban J connectivity index is 1.98. The van der Waals surface area contributed by atoms with Gasteiger partial charge >= 0.3 is 0 Å². The molecule has 6 heteroatoms. The number of rotatable bonds is 7. The number of carbonyl (C=O) groups excluding carboxylic acids is 2. The average Bonchev–Trinajstić information content (AvgIpc) is 3.27. The van der Waals surface area contributed by atoms with Crippen molar-refractivity contribution in [2.45, 2.75) is 32.7 Å². The zero-order chi connectivity index (χ0) is 19.6. The summed E-state index contributed by atoms with van der Waals surface area (Å²) in [6, 6.07) is 6.75. The van der Waals surface area contributed by atoms with Crippen LogP contribution in [0, 0.1) is 5.92 Å². The maximum Gasteiger partial charge on any atom is 0.290 e. The lowest BCUT2D eigenvalue weighted by Crippen LogP contribution is -2.38. The molecular formula is C21H28N2O4. The smallest absolute Gasteiger partial charge is 0.290 e. The Kier molecular flexibility index (Phi) is 5.85. The quantitative estimate of drug-likeness (QED) is 0.797. The Morgan fingerprint density at radius 1 is 1.22 bits per heavy atom. The third-order valence-electron chi connectivity index (χ3n) is 5.38. The van der Waals surface area contributed by atoms with Gasteiger partial charge in [-0.15, -0.1) is 0 Å². The van der Waals surface area contributed by atoms with Gasteiger partial charge in [0.1, 0.15) is 5.75 Å². The van der Waals surface area contributed by atoms with E-state index in [4.69, 9.17) is 4.74 Å². The van der Waals surface area contributed by atoms with Crippen LogP contribution in [0.3, 0.4) is 0 Å². The van der Waals surface area contributed by atoms with Gasteiger partial charge in [-0.05, 0) is 32.0 Å². The molecule has 0 aliphatic carbocycles. The van der Waals surface area contributed by atoms with Crippen molar-refractivity contribution in [3.63, 3.8) is 0 Å². The Morgan fingerprint density at radius 2 is 1.89 bits per heavy atom. The van der Waals surface area contributed by atoms with Crippen LogP contribution in [-0.4, -0.2) is 59.9 Å². The van der Waals surface area contributed by atoms with Crippen LogP contribution in [0.1, 0.15) is 38.3 Å². The van der Waals surface area contributed by atoms with E-state index in [1.807, 2.05) is 24.3 Å². The maximum absolute atomic E-state index is 12.8. The van der Waals surface area contributed by atoms with E-state index in [0.717, 1.165) is 25.2 Å². The van der Waals surface area contributed by atoms with Crippen LogP contribution in [0.15, 0.2) is 35.6 Å². The fourth-order valence-corrected chi connectivity index (χ4v) is 3.92. The van der Waals surface area contributed by atoms with Crippen molar-refractivity contribution >= 4 is 11.7 Å². The number of benzene rings is 1. The molecule has 0 spiro atoms. The summed E-state index contributed by atoms with van der Waals surface area (Å²) in [6.07, 6.45) is 2.34. The van der Waals surface area contributed by atoms with Crippen molar-refractivity contribution in [1.29, 1.82) is 0 Å². The number of likely N-dealkylation sites (tertiary alicyclic amines) is 1. The van der Waals surface area contributed by atoms with Gasteiger partial charge in [-0.2, -0.15) is 0 Å². The predicted molar refractivity (Wildman–Crippen MR) is 103 cm³/mol.